The third-order valence-corrected chi connectivity index (χ3v) is 1.52. The van der Waals surface area contributed by atoms with Crippen molar-refractivity contribution in [3.8, 4) is 0 Å². The van der Waals surface area contributed by atoms with Crippen LogP contribution in [-0.4, -0.2) is 62.6 Å². The molecule has 0 amide bonds. The molecule has 8 nitrogen and oxygen atoms in total. The average Bonchev–Trinajstić information content (AvgIpc) is 2.13. The molecule has 0 heterocycles. The lowest BCUT2D eigenvalue weighted by Gasteiger charge is -2.18. The topological polar surface area (TPSA) is 141 Å². The van der Waals surface area contributed by atoms with Crippen LogP contribution >= 0.6 is 0 Å². The van der Waals surface area contributed by atoms with Crippen LogP contribution in [0.15, 0.2) is 0 Å². The number of carbonyl (C=O) groups excluding carboxylic acids is 1. The number of rotatable bonds is 6. The Labute approximate surface area is 78.6 Å². The van der Waals surface area contributed by atoms with E-state index in [1.54, 1.807) is 0 Å². The molecule has 0 bridgehead atoms. The van der Waals surface area contributed by atoms with E-state index < -0.39 is 42.2 Å². The van der Waals surface area contributed by atoms with Gasteiger partial charge in [0.25, 0.3) is 6.54 Å². The molecule has 3 atom stereocenters. The first-order valence-electron chi connectivity index (χ1n) is 3.69. The Kier molecular flexibility index (Phi) is 5.16. The van der Waals surface area contributed by atoms with Crippen molar-refractivity contribution in [2.75, 3.05) is 13.2 Å². The van der Waals surface area contributed by atoms with Gasteiger partial charge in [-0.05, 0) is 0 Å². The lowest BCUT2D eigenvalue weighted by atomic mass is 10.1. The number of nitrogens with zero attached hydrogens (tertiary/aromatic N) is 1. The van der Waals surface area contributed by atoms with Crippen LogP contribution < -0.4 is 0 Å². The van der Waals surface area contributed by atoms with Crippen molar-refractivity contribution in [2.24, 2.45) is 0 Å². The van der Waals surface area contributed by atoms with Crippen molar-refractivity contribution in [1.29, 1.82) is 0 Å². The Morgan fingerprint density at radius 2 is 1.86 bits per heavy atom. The summed E-state index contributed by atoms with van der Waals surface area (Å²) in [6.07, 6.45) is -5.70. The molecule has 82 valence electrons. The van der Waals surface area contributed by atoms with Crippen LogP contribution in [0.3, 0.4) is 0 Å². The van der Waals surface area contributed by atoms with Crippen LogP contribution in [0.2, 0.25) is 0 Å². The quantitative estimate of drug-likeness (QED) is 0.268. The highest BCUT2D eigenvalue weighted by molar-refractivity contribution is 5.84. The van der Waals surface area contributed by atoms with Gasteiger partial charge in [-0.3, -0.25) is 14.9 Å². The minimum absolute atomic E-state index is 0.857. The van der Waals surface area contributed by atoms with E-state index in [4.69, 9.17) is 20.4 Å². The number of hydrogen-bond donors (Lipinski definition) is 4. The van der Waals surface area contributed by atoms with Crippen molar-refractivity contribution in [1.82, 2.24) is 0 Å². The summed E-state index contributed by atoms with van der Waals surface area (Å²) in [4.78, 5) is 19.7. The van der Waals surface area contributed by atoms with E-state index in [0.717, 1.165) is 0 Å². The van der Waals surface area contributed by atoms with Gasteiger partial charge in [0.2, 0.25) is 5.78 Å². The Hall–Kier alpha value is -1.09. The average molecular weight is 209 g/mol. The lowest BCUT2D eigenvalue weighted by Crippen LogP contribution is -2.45. The number of carbonyl (C=O) groups is 1. The van der Waals surface area contributed by atoms with Gasteiger partial charge in [0.15, 0.2) is 0 Å². The standard InChI is InChI=1S/C6H11NO7/c8-2-4(10)6(12)5(11)3(9)1-7(13)14/h4-6,8,10-12H,1-2H2/t4-,5+,6+/m1/s1. The number of ketones is 1. The van der Waals surface area contributed by atoms with E-state index in [2.05, 4.69) is 0 Å². The molecule has 0 aromatic carbocycles. The number of aliphatic hydroxyl groups is 4. The lowest BCUT2D eigenvalue weighted by molar-refractivity contribution is -0.468. The van der Waals surface area contributed by atoms with Crippen molar-refractivity contribution in [3.05, 3.63) is 10.1 Å². The first kappa shape index (κ1) is 12.9. The van der Waals surface area contributed by atoms with Crippen molar-refractivity contribution < 1.29 is 30.1 Å². The van der Waals surface area contributed by atoms with Crippen LogP contribution in [0, 0.1) is 10.1 Å². The summed E-state index contributed by atoms with van der Waals surface area (Å²) in [6.45, 7) is -2.00. The summed E-state index contributed by atoms with van der Waals surface area (Å²) >= 11 is 0. The molecule has 0 aromatic rings. The van der Waals surface area contributed by atoms with Crippen LogP contribution in [0.5, 0.6) is 0 Å². The van der Waals surface area contributed by atoms with Gasteiger partial charge < -0.3 is 20.4 Å². The fourth-order valence-corrected chi connectivity index (χ4v) is 0.730. The van der Waals surface area contributed by atoms with Crippen LogP contribution in [0.1, 0.15) is 0 Å². The predicted octanol–water partition coefficient (Wildman–Crippen LogP) is -3.09. The van der Waals surface area contributed by atoms with Crippen LogP contribution in [0.25, 0.3) is 0 Å². The molecular formula is C6H11NO7. The molecule has 0 radical (unpaired) electrons. The summed E-state index contributed by atoms with van der Waals surface area (Å²) in [6, 6.07) is 0. The van der Waals surface area contributed by atoms with E-state index in [1.165, 1.54) is 0 Å². The number of aliphatic hydroxyl groups excluding tert-OH is 4. The van der Waals surface area contributed by atoms with Gasteiger partial charge in [0.05, 0.1) is 6.61 Å². The smallest absolute Gasteiger partial charge is 0.264 e. The monoisotopic (exact) mass is 209 g/mol. The Bertz CT molecular complexity index is 218. The number of hydrogen-bond acceptors (Lipinski definition) is 7. The van der Waals surface area contributed by atoms with Gasteiger partial charge in [-0.1, -0.05) is 0 Å². The van der Waals surface area contributed by atoms with Crippen LogP contribution in [-0.2, 0) is 4.79 Å². The number of nitro groups is 1. The maximum absolute atomic E-state index is 10.8. The Morgan fingerprint density at radius 1 is 1.36 bits per heavy atom. The third-order valence-electron chi connectivity index (χ3n) is 1.52. The van der Waals surface area contributed by atoms with Gasteiger partial charge in [-0.2, -0.15) is 0 Å². The summed E-state index contributed by atoms with van der Waals surface area (Å²) in [7, 11) is 0. The zero-order valence-corrected chi connectivity index (χ0v) is 7.11. The molecule has 0 rings (SSSR count). The zero-order valence-electron chi connectivity index (χ0n) is 7.11. The van der Waals surface area contributed by atoms with Gasteiger partial charge in [-0.25, -0.2) is 0 Å². The second-order valence-electron chi connectivity index (χ2n) is 2.64. The van der Waals surface area contributed by atoms with E-state index >= 15 is 0 Å². The molecule has 0 aromatic heterocycles. The highest BCUT2D eigenvalue weighted by atomic mass is 16.6. The van der Waals surface area contributed by atoms with Crippen molar-refractivity contribution in [2.45, 2.75) is 18.3 Å². The second kappa shape index (κ2) is 5.60. The summed E-state index contributed by atoms with van der Waals surface area (Å²) in [5.74, 6) is -1.23. The second-order valence-corrected chi connectivity index (χ2v) is 2.64. The molecule has 0 unspecified atom stereocenters. The molecule has 8 heteroatoms. The normalized spacial score (nSPS) is 17.1. The first-order chi connectivity index (χ1) is 6.40. The third kappa shape index (κ3) is 3.75. The molecule has 0 aliphatic rings. The summed E-state index contributed by atoms with van der Waals surface area (Å²) in [5, 5.41) is 44.9. The first-order valence-corrected chi connectivity index (χ1v) is 3.69. The zero-order chi connectivity index (χ0) is 11.3. The van der Waals surface area contributed by atoms with Crippen LogP contribution in [0.4, 0.5) is 0 Å². The summed E-state index contributed by atoms with van der Waals surface area (Å²) < 4.78 is 0. The SMILES string of the molecule is O=C(C[N+](=O)[O-])[C@H](O)[C@@H](O)[C@H](O)CO. The molecular weight excluding hydrogens is 198 g/mol. The van der Waals surface area contributed by atoms with Gasteiger partial charge in [-0.15, -0.1) is 0 Å². The Balaban J connectivity index is 4.23. The minimum Gasteiger partial charge on any atom is -0.394 e. The molecule has 0 aliphatic heterocycles. The van der Waals surface area contributed by atoms with Crippen molar-refractivity contribution >= 4 is 5.78 Å². The van der Waals surface area contributed by atoms with E-state index in [1.807, 2.05) is 0 Å². The van der Waals surface area contributed by atoms with Gasteiger partial charge in [0, 0.05) is 4.92 Å². The summed E-state index contributed by atoms with van der Waals surface area (Å²) in [5.41, 5.74) is 0. The van der Waals surface area contributed by atoms with Gasteiger partial charge in [0.1, 0.15) is 18.3 Å². The largest absolute Gasteiger partial charge is 0.394 e. The fourth-order valence-electron chi connectivity index (χ4n) is 0.730. The molecule has 0 spiro atoms. The molecule has 14 heavy (non-hydrogen) atoms. The van der Waals surface area contributed by atoms with E-state index in [9.17, 15) is 14.9 Å². The molecule has 0 fully saturated rings. The molecule has 0 saturated carbocycles. The highest BCUT2D eigenvalue weighted by Crippen LogP contribution is 2.01. The molecule has 0 saturated heterocycles. The van der Waals surface area contributed by atoms with E-state index in [-0.39, 0.29) is 0 Å². The van der Waals surface area contributed by atoms with E-state index in [0.29, 0.717) is 0 Å². The Morgan fingerprint density at radius 3 is 2.21 bits per heavy atom. The molecule has 4 N–H and O–H groups in total. The minimum atomic E-state index is -2.07. The fraction of sp³-hybridized carbons (Fsp3) is 0.833. The molecule has 0 aliphatic carbocycles. The van der Waals surface area contributed by atoms with Gasteiger partial charge >= 0.3 is 0 Å². The maximum atomic E-state index is 10.8. The van der Waals surface area contributed by atoms with Crippen molar-refractivity contribution in [3.63, 3.8) is 0 Å². The predicted molar refractivity (Wildman–Crippen MR) is 42.0 cm³/mol. The highest BCUT2D eigenvalue weighted by Gasteiger charge is 2.31. The maximum Gasteiger partial charge on any atom is 0.264 e. The number of Topliss-reactive ketones (excluding diaryl/α,β-unsaturated/α-hetero) is 1.